The zero-order valence-electron chi connectivity index (χ0n) is 6.62. The molecule has 0 nitrogen and oxygen atoms in total. The molecule has 0 aliphatic carbocycles. The Morgan fingerprint density at radius 2 is 2.09 bits per heavy atom. The zero-order valence-corrected chi connectivity index (χ0v) is 7.51. The number of allylic oxidation sites excluding steroid dienone is 2. The lowest BCUT2D eigenvalue weighted by molar-refractivity contribution is 1.18. The van der Waals surface area contributed by atoms with Crippen LogP contribution < -0.4 is 0 Å². The van der Waals surface area contributed by atoms with Crippen molar-refractivity contribution >= 4 is 12.6 Å². The first-order valence-electron chi connectivity index (χ1n) is 3.72. The van der Waals surface area contributed by atoms with Crippen molar-refractivity contribution in [2.45, 2.75) is 18.2 Å². The fraction of sp³-hybridized carbons (Fsp3) is 0.200. The summed E-state index contributed by atoms with van der Waals surface area (Å²) in [7, 11) is 0. The van der Waals surface area contributed by atoms with Crippen LogP contribution in [0.1, 0.15) is 12.5 Å². The van der Waals surface area contributed by atoms with Crippen LogP contribution in [0.3, 0.4) is 0 Å². The molecule has 58 valence electrons. The summed E-state index contributed by atoms with van der Waals surface area (Å²) >= 11 is 4.34. The Kier molecular flexibility index (Phi) is 3.24. The maximum absolute atomic E-state index is 4.34. The number of thiol groups is 1. The molecule has 0 N–H and O–H groups in total. The molecule has 0 atom stereocenters. The van der Waals surface area contributed by atoms with Crippen molar-refractivity contribution in [3.8, 4) is 0 Å². The topological polar surface area (TPSA) is 0 Å². The molecular formula is C10H12S. The third-order valence-corrected chi connectivity index (χ3v) is 2.00. The molecule has 0 aliphatic heterocycles. The van der Waals surface area contributed by atoms with Crippen molar-refractivity contribution in [3.05, 3.63) is 42.0 Å². The molecule has 0 spiro atoms. The molecular weight excluding hydrogens is 152 g/mol. The van der Waals surface area contributed by atoms with E-state index in [9.17, 15) is 0 Å². The molecule has 0 bridgehead atoms. The lowest BCUT2D eigenvalue weighted by Gasteiger charge is -1.98. The second-order valence-corrected chi connectivity index (χ2v) is 2.88. The van der Waals surface area contributed by atoms with E-state index in [-0.39, 0.29) is 0 Å². The van der Waals surface area contributed by atoms with Crippen molar-refractivity contribution in [1.29, 1.82) is 0 Å². The van der Waals surface area contributed by atoms with Gasteiger partial charge in [0.05, 0.1) is 0 Å². The molecule has 0 amide bonds. The lowest BCUT2D eigenvalue weighted by Crippen LogP contribution is -1.81. The fourth-order valence-electron chi connectivity index (χ4n) is 0.928. The van der Waals surface area contributed by atoms with E-state index in [0.717, 1.165) is 11.3 Å². The van der Waals surface area contributed by atoms with E-state index in [1.54, 1.807) is 0 Å². The highest BCUT2D eigenvalue weighted by Crippen LogP contribution is 2.13. The average Bonchev–Trinajstić information content (AvgIpc) is 2.03. The summed E-state index contributed by atoms with van der Waals surface area (Å²) in [6.07, 6.45) is 5.17. The van der Waals surface area contributed by atoms with Crippen molar-refractivity contribution in [2.24, 2.45) is 0 Å². The highest BCUT2D eigenvalue weighted by Gasteiger charge is 1.92. The first kappa shape index (κ1) is 8.41. The Hall–Kier alpha value is -0.690. The minimum Gasteiger partial charge on any atom is -0.143 e. The number of benzene rings is 1. The van der Waals surface area contributed by atoms with E-state index in [1.807, 2.05) is 25.1 Å². The van der Waals surface area contributed by atoms with Crippen molar-refractivity contribution in [1.82, 2.24) is 0 Å². The fourth-order valence-corrected chi connectivity index (χ4v) is 1.18. The van der Waals surface area contributed by atoms with Crippen LogP contribution in [0.15, 0.2) is 41.3 Å². The first-order valence-corrected chi connectivity index (χ1v) is 4.17. The molecule has 0 saturated heterocycles. The summed E-state index contributed by atoms with van der Waals surface area (Å²) in [5.74, 6) is 0. The van der Waals surface area contributed by atoms with Gasteiger partial charge in [-0.25, -0.2) is 0 Å². The number of hydrogen-bond acceptors (Lipinski definition) is 1. The smallest absolute Gasteiger partial charge is 0.00751 e. The molecule has 0 saturated carbocycles. The van der Waals surface area contributed by atoms with Crippen LogP contribution in [0.5, 0.6) is 0 Å². The standard InChI is InChI=1S/C10H12S/c1-2-3-6-9-7-4-5-8-10(9)11/h2-5,7-8,11H,6H2,1H3. The van der Waals surface area contributed by atoms with Gasteiger partial charge in [-0.3, -0.25) is 0 Å². The van der Waals surface area contributed by atoms with Crippen molar-refractivity contribution < 1.29 is 0 Å². The first-order chi connectivity index (χ1) is 5.34. The van der Waals surface area contributed by atoms with E-state index in [1.165, 1.54) is 5.56 Å². The Balaban J connectivity index is 2.77. The average molecular weight is 164 g/mol. The molecule has 1 rings (SSSR count). The summed E-state index contributed by atoms with van der Waals surface area (Å²) in [5, 5.41) is 0. The summed E-state index contributed by atoms with van der Waals surface area (Å²) in [4.78, 5) is 1.07. The molecule has 0 aromatic heterocycles. The highest BCUT2D eigenvalue weighted by atomic mass is 32.1. The molecule has 0 heterocycles. The molecule has 0 fully saturated rings. The lowest BCUT2D eigenvalue weighted by atomic mass is 10.1. The van der Waals surface area contributed by atoms with E-state index >= 15 is 0 Å². The largest absolute Gasteiger partial charge is 0.143 e. The van der Waals surface area contributed by atoms with Gasteiger partial charge in [-0.05, 0) is 25.0 Å². The third kappa shape index (κ3) is 2.43. The minimum atomic E-state index is 0.982. The summed E-state index contributed by atoms with van der Waals surface area (Å²) in [6, 6.07) is 8.16. The molecule has 1 aromatic carbocycles. The molecule has 11 heavy (non-hydrogen) atoms. The van der Waals surface area contributed by atoms with Crippen LogP contribution in [0.4, 0.5) is 0 Å². The predicted octanol–water partition coefficient (Wildman–Crippen LogP) is 3.09. The van der Waals surface area contributed by atoms with Crippen LogP contribution in [0, 0.1) is 0 Å². The van der Waals surface area contributed by atoms with Crippen LogP contribution in [-0.4, -0.2) is 0 Å². The van der Waals surface area contributed by atoms with Crippen LogP contribution in [0.25, 0.3) is 0 Å². The molecule has 1 heteroatoms. The summed E-state index contributed by atoms with van der Waals surface area (Å²) < 4.78 is 0. The van der Waals surface area contributed by atoms with Crippen LogP contribution in [0.2, 0.25) is 0 Å². The maximum Gasteiger partial charge on any atom is 0.00751 e. The van der Waals surface area contributed by atoms with Gasteiger partial charge in [-0.2, -0.15) is 0 Å². The predicted molar refractivity (Wildman–Crippen MR) is 52.2 cm³/mol. The van der Waals surface area contributed by atoms with Gasteiger partial charge in [0.25, 0.3) is 0 Å². The monoisotopic (exact) mass is 164 g/mol. The van der Waals surface area contributed by atoms with Crippen molar-refractivity contribution in [2.75, 3.05) is 0 Å². The summed E-state index contributed by atoms with van der Waals surface area (Å²) in [6.45, 7) is 2.03. The Morgan fingerprint density at radius 1 is 1.36 bits per heavy atom. The van der Waals surface area contributed by atoms with Gasteiger partial charge in [0.1, 0.15) is 0 Å². The normalized spacial score (nSPS) is 10.7. The van der Waals surface area contributed by atoms with E-state index < -0.39 is 0 Å². The second kappa shape index (κ2) is 4.24. The third-order valence-electron chi connectivity index (χ3n) is 1.57. The van der Waals surface area contributed by atoms with Gasteiger partial charge < -0.3 is 0 Å². The highest BCUT2D eigenvalue weighted by molar-refractivity contribution is 7.80. The van der Waals surface area contributed by atoms with Gasteiger partial charge in [-0.15, -0.1) is 12.6 Å². The van der Waals surface area contributed by atoms with Gasteiger partial charge in [0.15, 0.2) is 0 Å². The summed E-state index contributed by atoms with van der Waals surface area (Å²) in [5.41, 5.74) is 1.29. The van der Waals surface area contributed by atoms with Crippen molar-refractivity contribution in [3.63, 3.8) is 0 Å². The van der Waals surface area contributed by atoms with E-state index in [0.29, 0.717) is 0 Å². The van der Waals surface area contributed by atoms with Gasteiger partial charge in [0, 0.05) is 4.90 Å². The zero-order chi connectivity index (χ0) is 8.10. The minimum absolute atomic E-state index is 0.982. The number of hydrogen-bond donors (Lipinski definition) is 1. The molecule has 0 radical (unpaired) electrons. The van der Waals surface area contributed by atoms with E-state index in [4.69, 9.17) is 0 Å². The van der Waals surface area contributed by atoms with Crippen LogP contribution in [-0.2, 0) is 6.42 Å². The molecule has 1 aromatic rings. The number of rotatable bonds is 2. The SMILES string of the molecule is CC=CCc1ccccc1S. The van der Waals surface area contributed by atoms with Crippen LogP contribution >= 0.6 is 12.6 Å². The van der Waals surface area contributed by atoms with Gasteiger partial charge >= 0.3 is 0 Å². The Labute approximate surface area is 73.4 Å². The molecule has 0 aliphatic rings. The van der Waals surface area contributed by atoms with Gasteiger partial charge in [0.2, 0.25) is 0 Å². The molecule has 0 unspecified atom stereocenters. The Morgan fingerprint density at radius 3 is 2.73 bits per heavy atom. The van der Waals surface area contributed by atoms with E-state index in [2.05, 4.69) is 30.8 Å². The quantitative estimate of drug-likeness (QED) is 0.504. The van der Waals surface area contributed by atoms with Gasteiger partial charge in [-0.1, -0.05) is 30.4 Å². The Bertz CT molecular complexity index is 251. The maximum atomic E-state index is 4.34. The second-order valence-electron chi connectivity index (χ2n) is 2.40.